The van der Waals surface area contributed by atoms with E-state index in [0.29, 0.717) is 0 Å². The molecule has 15 rings (SSSR count). The Morgan fingerprint density at radius 2 is 0.781 bits per heavy atom. The Balaban J connectivity index is 1.02. The maximum absolute atomic E-state index is 7.43. The molecule has 0 N–H and O–H groups in total. The number of nitrogens with zero attached hydrogens (tertiary/aromatic N) is 1. The molecule has 1 heterocycles. The summed E-state index contributed by atoms with van der Waals surface area (Å²) < 4.78 is 7.43. The van der Waals surface area contributed by atoms with Crippen LogP contribution in [-0.4, -0.2) is 0 Å². The van der Waals surface area contributed by atoms with E-state index in [4.69, 9.17) is 4.42 Å². The van der Waals surface area contributed by atoms with Crippen molar-refractivity contribution in [2.75, 3.05) is 4.90 Å². The Kier molecular flexibility index (Phi) is 9.19. The first-order valence-corrected chi connectivity index (χ1v) is 25.5. The number of benzene rings is 11. The lowest BCUT2D eigenvalue weighted by Gasteiger charge is -2.35. The van der Waals surface area contributed by atoms with E-state index >= 15 is 0 Å². The van der Waals surface area contributed by atoms with Crippen LogP contribution in [0.3, 0.4) is 0 Å². The quantitative estimate of drug-likeness (QED) is 0.141. The van der Waals surface area contributed by atoms with Gasteiger partial charge in [-0.15, -0.1) is 0 Å². The first kappa shape index (κ1) is 41.5. The second-order valence-corrected chi connectivity index (χ2v) is 19.8. The molecule has 0 saturated heterocycles. The molecule has 12 aromatic rings. The van der Waals surface area contributed by atoms with Crippen molar-refractivity contribution >= 4 is 28.0 Å². The average molecular weight is 930 g/mol. The second kappa shape index (κ2) is 16.1. The highest BCUT2D eigenvalue weighted by Crippen LogP contribution is 2.67. The van der Waals surface area contributed by atoms with Crippen LogP contribution in [0.1, 0.15) is 67.3 Å². The molecule has 1 spiro atoms. The molecule has 0 bridgehead atoms. The van der Waals surface area contributed by atoms with Gasteiger partial charge in [0, 0.05) is 33.9 Å². The fourth-order valence-corrected chi connectivity index (χ4v) is 13.5. The predicted molar refractivity (Wildman–Crippen MR) is 298 cm³/mol. The SMILES string of the molecule is c1ccc(C(c2ccccc2)c2cccc3c2C2(c4ccccc4-c4ccc(N(c5ccccc5)c5ccc6c(c5)C(c5ccccc5)(c5ccccc5)c5ccccc5-6)cc42)c2oc4ccccc4c2-3)cc1. The van der Waals surface area contributed by atoms with Gasteiger partial charge in [-0.25, -0.2) is 0 Å². The Bertz CT molecular complexity index is 4010. The second-order valence-electron chi connectivity index (χ2n) is 19.8. The highest BCUT2D eigenvalue weighted by atomic mass is 16.3. The summed E-state index contributed by atoms with van der Waals surface area (Å²) in [5.74, 6) is 0.936. The summed E-state index contributed by atoms with van der Waals surface area (Å²) >= 11 is 0. The van der Waals surface area contributed by atoms with Gasteiger partial charge in [0.1, 0.15) is 16.8 Å². The Morgan fingerprint density at radius 1 is 0.329 bits per heavy atom. The van der Waals surface area contributed by atoms with E-state index in [2.05, 4.69) is 284 Å². The van der Waals surface area contributed by atoms with Crippen molar-refractivity contribution in [3.63, 3.8) is 0 Å². The summed E-state index contributed by atoms with van der Waals surface area (Å²) in [5, 5.41) is 1.14. The standard InChI is InChI=1S/C71H47NO/c1-6-23-47(24-7-1)66(48-25-8-2-9-26-48)59-36-22-37-60-67-58-35-18-21-40-65(58)73-69(67)71(68(59)60)62-39-20-17-34-55(62)57-44-42-53(46-64(57)71)72(51-31-14-5-15-32-51)52-41-43-56-54-33-16-19-38-61(54)70(63(56)45-52,49-27-10-3-11-28-49)50-29-12-4-13-30-50/h1-46,66H. The van der Waals surface area contributed by atoms with Crippen LogP contribution in [0.4, 0.5) is 17.1 Å². The highest BCUT2D eigenvalue weighted by molar-refractivity contribution is 6.05. The van der Waals surface area contributed by atoms with Crippen molar-refractivity contribution in [3.05, 3.63) is 340 Å². The third-order valence-corrected chi connectivity index (χ3v) is 16.3. The summed E-state index contributed by atoms with van der Waals surface area (Å²) in [5.41, 5.74) is 22.7. The topological polar surface area (TPSA) is 16.4 Å². The zero-order valence-electron chi connectivity index (χ0n) is 40.0. The molecule has 1 atom stereocenters. The van der Waals surface area contributed by atoms with Crippen LogP contribution in [-0.2, 0) is 10.8 Å². The lowest BCUT2D eigenvalue weighted by Crippen LogP contribution is -2.29. The molecule has 0 fully saturated rings. The smallest absolute Gasteiger partial charge is 0.135 e. The molecule has 2 nitrogen and oxygen atoms in total. The number of anilines is 3. The Labute approximate surface area is 425 Å². The van der Waals surface area contributed by atoms with E-state index < -0.39 is 10.8 Å². The predicted octanol–water partition coefficient (Wildman–Crippen LogP) is 17.8. The zero-order chi connectivity index (χ0) is 48.1. The summed E-state index contributed by atoms with van der Waals surface area (Å²) in [6.45, 7) is 0. The van der Waals surface area contributed by atoms with Gasteiger partial charge in [0.2, 0.25) is 0 Å². The number of rotatable bonds is 8. The van der Waals surface area contributed by atoms with Gasteiger partial charge in [-0.05, 0) is 126 Å². The molecule has 0 amide bonds. The van der Waals surface area contributed by atoms with Crippen molar-refractivity contribution in [1.82, 2.24) is 0 Å². The van der Waals surface area contributed by atoms with E-state index in [1.165, 1.54) is 89.0 Å². The maximum Gasteiger partial charge on any atom is 0.135 e. The Hall–Kier alpha value is -9.24. The molecule has 11 aromatic carbocycles. The van der Waals surface area contributed by atoms with Crippen LogP contribution in [0.15, 0.2) is 283 Å². The van der Waals surface area contributed by atoms with Crippen LogP contribution in [0, 0.1) is 0 Å². The normalized spacial score (nSPS) is 15.1. The van der Waals surface area contributed by atoms with E-state index in [0.717, 1.165) is 33.8 Å². The van der Waals surface area contributed by atoms with E-state index in [1.807, 2.05) is 0 Å². The molecule has 1 unspecified atom stereocenters. The fourth-order valence-electron chi connectivity index (χ4n) is 13.5. The highest BCUT2D eigenvalue weighted by Gasteiger charge is 2.57. The van der Waals surface area contributed by atoms with Gasteiger partial charge in [0.15, 0.2) is 0 Å². The summed E-state index contributed by atoms with van der Waals surface area (Å²) in [4.78, 5) is 2.47. The van der Waals surface area contributed by atoms with Crippen LogP contribution >= 0.6 is 0 Å². The van der Waals surface area contributed by atoms with Crippen LogP contribution in [0.2, 0.25) is 0 Å². The van der Waals surface area contributed by atoms with Gasteiger partial charge < -0.3 is 9.32 Å². The molecular formula is C71H47NO. The summed E-state index contributed by atoms with van der Waals surface area (Å²) in [6, 6.07) is 103. The van der Waals surface area contributed by atoms with Crippen LogP contribution < -0.4 is 4.90 Å². The minimum Gasteiger partial charge on any atom is -0.459 e. The molecule has 0 aliphatic heterocycles. The number of hydrogen-bond donors (Lipinski definition) is 0. The van der Waals surface area contributed by atoms with Crippen molar-refractivity contribution in [1.29, 1.82) is 0 Å². The average Bonchev–Trinajstić information content (AvgIpc) is 4.17. The van der Waals surface area contributed by atoms with Crippen LogP contribution in [0.25, 0.3) is 44.3 Å². The van der Waals surface area contributed by atoms with Gasteiger partial charge in [0.25, 0.3) is 0 Å². The minimum absolute atomic E-state index is 0.0465. The Morgan fingerprint density at radius 3 is 1.37 bits per heavy atom. The number of fused-ring (bicyclic) bond motifs is 15. The molecule has 3 aliphatic rings. The molecule has 0 saturated carbocycles. The number of para-hydroxylation sites is 2. The fraction of sp³-hybridized carbons (Fsp3) is 0.0423. The summed E-state index contributed by atoms with van der Waals surface area (Å²) in [7, 11) is 0. The molecule has 0 radical (unpaired) electrons. The van der Waals surface area contributed by atoms with Gasteiger partial charge in [-0.1, -0.05) is 237 Å². The first-order chi connectivity index (χ1) is 36.2. The summed E-state index contributed by atoms with van der Waals surface area (Å²) in [6.07, 6.45) is 0. The molecule has 73 heavy (non-hydrogen) atoms. The van der Waals surface area contributed by atoms with Gasteiger partial charge in [-0.2, -0.15) is 0 Å². The number of furan rings is 1. The molecule has 342 valence electrons. The lowest BCUT2D eigenvalue weighted by molar-refractivity contribution is 0.505. The van der Waals surface area contributed by atoms with Gasteiger partial charge in [0.05, 0.1) is 5.41 Å². The third-order valence-electron chi connectivity index (χ3n) is 16.3. The largest absolute Gasteiger partial charge is 0.459 e. The van der Waals surface area contributed by atoms with Crippen molar-refractivity contribution in [2.24, 2.45) is 0 Å². The monoisotopic (exact) mass is 929 g/mol. The molecule has 3 aliphatic carbocycles. The van der Waals surface area contributed by atoms with Crippen molar-refractivity contribution in [2.45, 2.75) is 16.7 Å². The van der Waals surface area contributed by atoms with E-state index in [-0.39, 0.29) is 5.92 Å². The van der Waals surface area contributed by atoms with E-state index in [1.54, 1.807) is 0 Å². The third kappa shape index (κ3) is 5.81. The lowest BCUT2D eigenvalue weighted by atomic mass is 9.67. The zero-order valence-corrected chi connectivity index (χ0v) is 40.0. The molecule has 2 heteroatoms. The van der Waals surface area contributed by atoms with Crippen molar-refractivity contribution < 1.29 is 4.42 Å². The maximum atomic E-state index is 7.43. The van der Waals surface area contributed by atoms with Crippen LogP contribution in [0.5, 0.6) is 0 Å². The first-order valence-electron chi connectivity index (χ1n) is 25.5. The van der Waals surface area contributed by atoms with E-state index in [9.17, 15) is 0 Å². The number of hydrogen-bond acceptors (Lipinski definition) is 2. The molecule has 1 aromatic heterocycles. The van der Waals surface area contributed by atoms with Crippen molar-refractivity contribution in [3.8, 4) is 33.4 Å². The van der Waals surface area contributed by atoms with Gasteiger partial charge in [-0.3, -0.25) is 0 Å². The minimum atomic E-state index is -0.790. The van der Waals surface area contributed by atoms with Gasteiger partial charge >= 0.3 is 0 Å². The molecular weight excluding hydrogens is 883 g/mol.